The van der Waals surface area contributed by atoms with Crippen LogP contribution in [0.25, 0.3) is 0 Å². The number of aromatic nitrogens is 2. The molecule has 1 rings (SSSR count). The minimum absolute atomic E-state index is 0.00472. The normalized spacial score (nSPS) is 12.3. The third kappa shape index (κ3) is 3.33. The van der Waals surface area contributed by atoms with Gasteiger partial charge < -0.3 is 5.73 Å². The van der Waals surface area contributed by atoms with Crippen molar-refractivity contribution in [1.82, 2.24) is 9.97 Å². The van der Waals surface area contributed by atoms with E-state index in [1.807, 2.05) is 0 Å². The summed E-state index contributed by atoms with van der Waals surface area (Å²) in [5, 5.41) is -0.0693. The molecule has 0 unspecified atom stereocenters. The first-order valence-corrected chi connectivity index (χ1v) is 6.66. The van der Waals surface area contributed by atoms with Gasteiger partial charge in [0.15, 0.2) is 16.8 Å². The molecule has 0 aliphatic heterocycles. The van der Waals surface area contributed by atoms with E-state index in [2.05, 4.69) is 9.97 Å². The van der Waals surface area contributed by atoms with Crippen LogP contribution in [0.4, 0.5) is 5.69 Å². The molecule has 1 aromatic heterocycles. The quantitative estimate of drug-likeness (QED) is 0.669. The SMILES string of the molecule is CC(C)(C)C(=O)c1nc(Cl)c(N)c(C(=O)C(C)(C)C)n1. The number of anilines is 1. The zero-order valence-electron chi connectivity index (χ0n) is 12.7. The molecule has 0 radical (unpaired) electrons. The summed E-state index contributed by atoms with van der Waals surface area (Å²) in [7, 11) is 0. The van der Waals surface area contributed by atoms with Gasteiger partial charge in [0, 0.05) is 10.8 Å². The Morgan fingerprint density at radius 3 is 1.80 bits per heavy atom. The number of Topliss-reactive ketones (excluding diaryl/α,β-unsaturated/α-hetero) is 2. The number of carbonyl (C=O) groups is 2. The van der Waals surface area contributed by atoms with Crippen molar-refractivity contribution in [2.24, 2.45) is 10.8 Å². The topological polar surface area (TPSA) is 85.9 Å². The molecule has 0 saturated carbocycles. The summed E-state index contributed by atoms with van der Waals surface area (Å²) in [5.41, 5.74) is 4.45. The van der Waals surface area contributed by atoms with Gasteiger partial charge in [0.2, 0.25) is 5.78 Å². The van der Waals surface area contributed by atoms with Crippen LogP contribution in [0.5, 0.6) is 0 Å². The second-order valence-corrected chi connectivity index (χ2v) is 7.12. The summed E-state index contributed by atoms with van der Waals surface area (Å²) in [4.78, 5) is 32.5. The third-order valence-electron chi connectivity index (χ3n) is 2.68. The fourth-order valence-electron chi connectivity index (χ4n) is 1.41. The second kappa shape index (κ2) is 5.13. The van der Waals surface area contributed by atoms with E-state index in [0.29, 0.717) is 0 Å². The van der Waals surface area contributed by atoms with E-state index >= 15 is 0 Å². The largest absolute Gasteiger partial charge is 0.394 e. The number of nitrogen functional groups attached to an aromatic ring is 1. The first kappa shape index (κ1) is 16.6. The zero-order valence-corrected chi connectivity index (χ0v) is 13.4. The van der Waals surface area contributed by atoms with Crippen LogP contribution < -0.4 is 5.73 Å². The molecular weight excluding hydrogens is 278 g/mol. The molecule has 0 aliphatic carbocycles. The Bertz CT molecular complexity index is 569. The van der Waals surface area contributed by atoms with Crippen LogP contribution >= 0.6 is 11.6 Å². The molecule has 2 N–H and O–H groups in total. The summed E-state index contributed by atoms with van der Waals surface area (Å²) < 4.78 is 0. The number of ketones is 2. The lowest BCUT2D eigenvalue weighted by Gasteiger charge is -2.19. The fraction of sp³-hybridized carbons (Fsp3) is 0.571. The van der Waals surface area contributed by atoms with E-state index in [9.17, 15) is 9.59 Å². The summed E-state index contributed by atoms with van der Waals surface area (Å²) in [6, 6.07) is 0. The standard InChI is InChI=1S/C14H20ClN3O2/c1-13(2,3)9(19)8-7(16)11(15)18-12(17-8)10(20)14(4,5)6/h16H2,1-6H3. The second-order valence-electron chi connectivity index (χ2n) is 6.76. The first-order chi connectivity index (χ1) is 8.85. The predicted molar refractivity (Wildman–Crippen MR) is 79.0 cm³/mol. The van der Waals surface area contributed by atoms with Crippen LogP contribution in [0.3, 0.4) is 0 Å². The van der Waals surface area contributed by atoms with E-state index in [4.69, 9.17) is 17.3 Å². The Balaban J connectivity index is 3.46. The van der Waals surface area contributed by atoms with Crippen LogP contribution in [-0.4, -0.2) is 21.5 Å². The third-order valence-corrected chi connectivity index (χ3v) is 2.97. The highest BCUT2D eigenvalue weighted by atomic mass is 35.5. The van der Waals surface area contributed by atoms with Crippen molar-refractivity contribution in [3.05, 3.63) is 16.7 Å². The van der Waals surface area contributed by atoms with Crippen molar-refractivity contribution in [1.29, 1.82) is 0 Å². The number of hydrogen-bond donors (Lipinski definition) is 1. The van der Waals surface area contributed by atoms with Gasteiger partial charge in [-0.3, -0.25) is 9.59 Å². The van der Waals surface area contributed by atoms with Crippen molar-refractivity contribution >= 4 is 28.9 Å². The van der Waals surface area contributed by atoms with E-state index in [0.717, 1.165) is 0 Å². The van der Waals surface area contributed by atoms with Gasteiger partial charge in [-0.2, -0.15) is 0 Å². The smallest absolute Gasteiger partial charge is 0.205 e. The van der Waals surface area contributed by atoms with Crippen molar-refractivity contribution < 1.29 is 9.59 Å². The zero-order chi connectivity index (χ0) is 15.9. The van der Waals surface area contributed by atoms with Gasteiger partial charge in [-0.15, -0.1) is 0 Å². The Labute approximate surface area is 123 Å². The summed E-state index contributed by atoms with van der Waals surface area (Å²) in [5.74, 6) is -0.645. The molecule has 0 fully saturated rings. The number of hydrogen-bond acceptors (Lipinski definition) is 5. The van der Waals surface area contributed by atoms with Crippen LogP contribution in [0.1, 0.15) is 62.6 Å². The maximum Gasteiger partial charge on any atom is 0.205 e. The molecule has 0 atom stereocenters. The fourth-order valence-corrected chi connectivity index (χ4v) is 1.58. The average molecular weight is 298 g/mol. The average Bonchev–Trinajstić information content (AvgIpc) is 2.28. The number of rotatable bonds is 2. The molecule has 1 aromatic rings. The molecule has 0 aliphatic rings. The highest BCUT2D eigenvalue weighted by molar-refractivity contribution is 6.32. The summed E-state index contributed by atoms with van der Waals surface area (Å²) in [6.45, 7) is 10.5. The maximum atomic E-state index is 12.3. The highest BCUT2D eigenvalue weighted by Gasteiger charge is 2.31. The van der Waals surface area contributed by atoms with E-state index in [-0.39, 0.29) is 33.9 Å². The molecule has 0 bridgehead atoms. The molecule has 5 nitrogen and oxygen atoms in total. The maximum absolute atomic E-state index is 12.3. The molecule has 6 heteroatoms. The van der Waals surface area contributed by atoms with Crippen LogP contribution in [0, 0.1) is 10.8 Å². The van der Waals surface area contributed by atoms with Gasteiger partial charge in [-0.05, 0) is 0 Å². The van der Waals surface area contributed by atoms with Gasteiger partial charge in [-0.1, -0.05) is 53.1 Å². The van der Waals surface area contributed by atoms with Crippen molar-refractivity contribution in [2.75, 3.05) is 5.73 Å². The Kier molecular flexibility index (Phi) is 4.25. The number of carbonyl (C=O) groups excluding carboxylic acids is 2. The van der Waals surface area contributed by atoms with Crippen molar-refractivity contribution in [3.8, 4) is 0 Å². The number of nitrogens with two attached hydrogens (primary N) is 1. The molecule has 0 spiro atoms. The molecule has 0 aromatic carbocycles. The molecule has 0 saturated heterocycles. The highest BCUT2D eigenvalue weighted by Crippen LogP contribution is 2.28. The summed E-state index contributed by atoms with van der Waals surface area (Å²) in [6.07, 6.45) is 0. The molecule has 20 heavy (non-hydrogen) atoms. The number of nitrogens with zero attached hydrogens (tertiary/aromatic N) is 2. The van der Waals surface area contributed by atoms with E-state index in [1.54, 1.807) is 41.5 Å². The predicted octanol–water partition coefficient (Wildman–Crippen LogP) is 3.17. The number of halogens is 1. The van der Waals surface area contributed by atoms with Crippen molar-refractivity contribution in [3.63, 3.8) is 0 Å². The van der Waals surface area contributed by atoms with Gasteiger partial charge in [0.05, 0.1) is 5.69 Å². The Hall–Kier alpha value is -1.49. The van der Waals surface area contributed by atoms with Crippen molar-refractivity contribution in [2.45, 2.75) is 41.5 Å². The lowest BCUT2D eigenvalue weighted by molar-refractivity contribution is 0.0841. The van der Waals surface area contributed by atoms with Gasteiger partial charge in [-0.25, -0.2) is 9.97 Å². The molecular formula is C14H20ClN3O2. The minimum Gasteiger partial charge on any atom is -0.394 e. The minimum atomic E-state index is -0.673. The van der Waals surface area contributed by atoms with Crippen LogP contribution in [0.15, 0.2) is 0 Å². The van der Waals surface area contributed by atoms with Gasteiger partial charge >= 0.3 is 0 Å². The van der Waals surface area contributed by atoms with Gasteiger partial charge in [0.1, 0.15) is 5.69 Å². The molecule has 0 amide bonds. The molecule has 110 valence electrons. The molecule has 1 heterocycles. The van der Waals surface area contributed by atoms with E-state index in [1.165, 1.54) is 0 Å². The lowest BCUT2D eigenvalue weighted by Crippen LogP contribution is -2.27. The Morgan fingerprint density at radius 2 is 1.40 bits per heavy atom. The van der Waals surface area contributed by atoms with Crippen LogP contribution in [-0.2, 0) is 0 Å². The van der Waals surface area contributed by atoms with Gasteiger partial charge in [0.25, 0.3) is 0 Å². The monoisotopic (exact) mass is 297 g/mol. The lowest BCUT2D eigenvalue weighted by atomic mass is 9.87. The van der Waals surface area contributed by atoms with Crippen LogP contribution in [0.2, 0.25) is 5.15 Å². The Morgan fingerprint density at radius 1 is 0.950 bits per heavy atom. The van der Waals surface area contributed by atoms with E-state index < -0.39 is 10.8 Å². The first-order valence-electron chi connectivity index (χ1n) is 6.28. The summed E-state index contributed by atoms with van der Waals surface area (Å²) >= 11 is 5.93.